The first-order chi connectivity index (χ1) is 6.07. The molecule has 1 aromatic rings. The lowest BCUT2D eigenvalue weighted by Crippen LogP contribution is -2.05. The van der Waals surface area contributed by atoms with Gasteiger partial charge in [0.2, 0.25) is 0 Å². The predicted molar refractivity (Wildman–Crippen MR) is 49.1 cm³/mol. The van der Waals surface area contributed by atoms with Crippen molar-refractivity contribution >= 4 is 33.3 Å². The molecule has 0 aromatic heterocycles. The number of alkyl halides is 1. The summed E-state index contributed by atoms with van der Waals surface area (Å²) in [5.74, 6) is -3.24. The number of hydrogen-bond donors (Lipinski definition) is 0. The zero-order chi connectivity index (χ0) is 10.0. The third-order valence-electron chi connectivity index (χ3n) is 1.46. The van der Waals surface area contributed by atoms with E-state index in [0.29, 0.717) is 0 Å². The van der Waals surface area contributed by atoms with E-state index in [1.54, 1.807) is 0 Å². The average molecular weight is 269 g/mol. The Morgan fingerprint density at radius 2 is 2.00 bits per heavy atom. The second kappa shape index (κ2) is 4.15. The molecule has 0 amide bonds. The van der Waals surface area contributed by atoms with Crippen LogP contribution >= 0.6 is 27.5 Å². The van der Waals surface area contributed by atoms with Crippen LogP contribution < -0.4 is 0 Å². The summed E-state index contributed by atoms with van der Waals surface area (Å²) in [7, 11) is 0. The van der Waals surface area contributed by atoms with Crippen LogP contribution in [-0.4, -0.2) is 11.7 Å². The molecule has 1 aromatic carbocycles. The molecule has 0 bridgehead atoms. The number of rotatable bonds is 2. The minimum absolute atomic E-state index is 0.0175. The Bertz CT molecular complexity index is 354. The molecule has 0 unspecified atom stereocenters. The molecule has 0 aliphatic heterocycles. The first kappa shape index (κ1) is 10.6. The van der Waals surface area contributed by atoms with Crippen LogP contribution in [0.5, 0.6) is 0 Å². The van der Waals surface area contributed by atoms with Gasteiger partial charge in [0.1, 0.15) is 0 Å². The molecule has 0 radical (unpaired) electrons. The predicted octanol–water partition coefficient (Wildman–Crippen LogP) is 3.15. The molecular weight excluding hydrogens is 265 g/mol. The van der Waals surface area contributed by atoms with Gasteiger partial charge in [-0.3, -0.25) is 4.79 Å². The van der Waals surface area contributed by atoms with Crippen molar-refractivity contribution in [1.82, 2.24) is 0 Å². The molecule has 0 saturated heterocycles. The normalized spacial score (nSPS) is 10.2. The van der Waals surface area contributed by atoms with Gasteiger partial charge >= 0.3 is 0 Å². The molecule has 0 spiro atoms. The zero-order valence-electron chi connectivity index (χ0n) is 6.28. The van der Waals surface area contributed by atoms with Gasteiger partial charge in [0.25, 0.3) is 0 Å². The van der Waals surface area contributed by atoms with Gasteiger partial charge in [0.05, 0.1) is 15.9 Å². The van der Waals surface area contributed by atoms with Gasteiger partial charge in [0, 0.05) is 0 Å². The standard InChI is InChI=1S/C8H4BrClF2O/c9-5-2-1-4(6(13)3-10)7(11)8(5)12/h1-2H,3H2. The van der Waals surface area contributed by atoms with Gasteiger partial charge in [-0.15, -0.1) is 11.6 Å². The highest BCUT2D eigenvalue weighted by atomic mass is 79.9. The fourth-order valence-electron chi connectivity index (χ4n) is 0.813. The van der Waals surface area contributed by atoms with E-state index >= 15 is 0 Å². The average Bonchev–Trinajstić information content (AvgIpc) is 2.13. The van der Waals surface area contributed by atoms with Crippen LogP contribution in [0.25, 0.3) is 0 Å². The van der Waals surface area contributed by atoms with Crippen LogP contribution in [0.4, 0.5) is 8.78 Å². The SMILES string of the molecule is O=C(CCl)c1ccc(Br)c(F)c1F. The van der Waals surface area contributed by atoms with E-state index in [4.69, 9.17) is 11.6 Å². The molecule has 0 atom stereocenters. The summed E-state index contributed by atoms with van der Waals surface area (Å²) in [6.45, 7) is 0. The molecular formula is C8H4BrClF2O. The number of Topliss-reactive ketones (excluding diaryl/α,β-unsaturated/α-hetero) is 1. The van der Waals surface area contributed by atoms with Crippen molar-refractivity contribution in [2.45, 2.75) is 0 Å². The Morgan fingerprint density at radius 1 is 1.38 bits per heavy atom. The van der Waals surface area contributed by atoms with Crippen molar-refractivity contribution in [1.29, 1.82) is 0 Å². The topological polar surface area (TPSA) is 17.1 Å². The summed E-state index contributed by atoms with van der Waals surface area (Å²) in [4.78, 5) is 10.9. The highest BCUT2D eigenvalue weighted by Crippen LogP contribution is 2.21. The minimum atomic E-state index is -1.17. The Kier molecular flexibility index (Phi) is 3.39. The summed E-state index contributed by atoms with van der Waals surface area (Å²) >= 11 is 7.99. The molecule has 1 nitrogen and oxygen atoms in total. The van der Waals surface area contributed by atoms with E-state index < -0.39 is 17.4 Å². The van der Waals surface area contributed by atoms with Crippen molar-refractivity contribution in [2.75, 3.05) is 5.88 Å². The molecule has 0 saturated carbocycles. The van der Waals surface area contributed by atoms with Crippen molar-refractivity contribution in [2.24, 2.45) is 0 Å². The summed E-state index contributed by atoms with van der Waals surface area (Å²) < 4.78 is 25.9. The van der Waals surface area contributed by atoms with Gasteiger partial charge in [-0.1, -0.05) is 0 Å². The highest BCUT2D eigenvalue weighted by molar-refractivity contribution is 9.10. The maximum atomic E-state index is 13.0. The number of hydrogen-bond acceptors (Lipinski definition) is 1. The molecule has 5 heteroatoms. The van der Waals surface area contributed by atoms with E-state index in [2.05, 4.69) is 15.9 Å². The number of ketones is 1. The molecule has 70 valence electrons. The molecule has 0 aliphatic carbocycles. The number of carbonyl (C=O) groups excluding carboxylic acids is 1. The summed E-state index contributed by atoms with van der Waals surface area (Å²) in [6, 6.07) is 2.45. The van der Waals surface area contributed by atoms with Crippen LogP contribution in [0.3, 0.4) is 0 Å². The maximum Gasteiger partial charge on any atom is 0.180 e. The van der Waals surface area contributed by atoms with E-state index in [9.17, 15) is 13.6 Å². The number of benzene rings is 1. The molecule has 0 aliphatic rings. The van der Waals surface area contributed by atoms with Gasteiger partial charge in [-0.2, -0.15) is 0 Å². The van der Waals surface area contributed by atoms with Crippen LogP contribution in [0, 0.1) is 11.6 Å². The molecule has 13 heavy (non-hydrogen) atoms. The quantitative estimate of drug-likeness (QED) is 0.458. The maximum absolute atomic E-state index is 13.0. The fraction of sp³-hybridized carbons (Fsp3) is 0.125. The van der Waals surface area contributed by atoms with Crippen LogP contribution in [-0.2, 0) is 0 Å². The lowest BCUT2D eigenvalue weighted by molar-refractivity contribution is 0.101. The third kappa shape index (κ3) is 2.06. The van der Waals surface area contributed by atoms with Crippen molar-refractivity contribution < 1.29 is 13.6 Å². The molecule has 0 fully saturated rings. The molecule has 0 N–H and O–H groups in total. The minimum Gasteiger partial charge on any atom is -0.293 e. The van der Waals surface area contributed by atoms with Gasteiger partial charge in [0.15, 0.2) is 17.4 Å². The van der Waals surface area contributed by atoms with Crippen molar-refractivity contribution in [3.8, 4) is 0 Å². The van der Waals surface area contributed by atoms with Gasteiger partial charge < -0.3 is 0 Å². The van der Waals surface area contributed by atoms with Crippen molar-refractivity contribution in [3.63, 3.8) is 0 Å². The lowest BCUT2D eigenvalue weighted by Gasteiger charge is -2.01. The van der Waals surface area contributed by atoms with Crippen LogP contribution in [0.2, 0.25) is 0 Å². The third-order valence-corrected chi connectivity index (χ3v) is 2.31. The Balaban J connectivity index is 3.26. The summed E-state index contributed by atoms with van der Waals surface area (Å²) in [6.07, 6.45) is 0. The van der Waals surface area contributed by atoms with Crippen LogP contribution in [0.1, 0.15) is 10.4 Å². The first-order valence-corrected chi connectivity index (χ1v) is 4.63. The second-order valence-corrected chi connectivity index (χ2v) is 3.40. The molecule has 1 rings (SSSR count). The van der Waals surface area contributed by atoms with Crippen LogP contribution in [0.15, 0.2) is 16.6 Å². The van der Waals surface area contributed by atoms with E-state index in [1.807, 2.05) is 0 Å². The summed E-state index contributed by atoms with van der Waals surface area (Å²) in [5, 5.41) is 0. The largest absolute Gasteiger partial charge is 0.293 e. The smallest absolute Gasteiger partial charge is 0.180 e. The Labute approximate surface area is 86.8 Å². The fourth-order valence-corrected chi connectivity index (χ4v) is 1.26. The molecule has 0 heterocycles. The second-order valence-electron chi connectivity index (χ2n) is 2.28. The van der Waals surface area contributed by atoms with Crippen molar-refractivity contribution in [3.05, 3.63) is 33.8 Å². The van der Waals surface area contributed by atoms with E-state index in [-0.39, 0.29) is 15.9 Å². The highest BCUT2D eigenvalue weighted by Gasteiger charge is 2.16. The summed E-state index contributed by atoms with van der Waals surface area (Å²) in [5.41, 5.74) is -0.323. The first-order valence-electron chi connectivity index (χ1n) is 3.30. The Hall–Kier alpha value is -0.480. The number of carbonyl (C=O) groups is 1. The van der Waals surface area contributed by atoms with E-state index in [1.165, 1.54) is 12.1 Å². The zero-order valence-corrected chi connectivity index (χ0v) is 8.62. The van der Waals surface area contributed by atoms with Gasteiger partial charge in [-0.05, 0) is 28.1 Å². The number of halogens is 4. The van der Waals surface area contributed by atoms with E-state index in [0.717, 1.165) is 0 Å². The Morgan fingerprint density at radius 3 is 2.54 bits per heavy atom. The van der Waals surface area contributed by atoms with Gasteiger partial charge in [-0.25, -0.2) is 8.78 Å². The lowest BCUT2D eigenvalue weighted by atomic mass is 10.1. The monoisotopic (exact) mass is 268 g/mol.